The molecule has 1 amide bonds. The summed E-state index contributed by atoms with van der Waals surface area (Å²) in [6.45, 7) is 3.28. The van der Waals surface area contributed by atoms with Crippen molar-refractivity contribution in [1.29, 1.82) is 0 Å². The maximum Gasteiger partial charge on any atom is 0.236 e. The fourth-order valence-electron chi connectivity index (χ4n) is 2.19. The minimum absolute atomic E-state index is 0.0244. The van der Waals surface area contributed by atoms with Crippen molar-refractivity contribution in [2.45, 2.75) is 12.1 Å². The van der Waals surface area contributed by atoms with E-state index >= 15 is 0 Å². The number of carbonyl (C=O) groups excluding carboxylic acids is 1. The van der Waals surface area contributed by atoms with Crippen molar-refractivity contribution in [3.63, 3.8) is 0 Å². The summed E-state index contributed by atoms with van der Waals surface area (Å²) in [4.78, 5) is 15.5. The SMILES string of the molecule is CN1CCO[C@@H]2CN(C(=O)CN)C[C@H]21. The van der Waals surface area contributed by atoms with Crippen molar-refractivity contribution in [1.82, 2.24) is 9.80 Å². The summed E-state index contributed by atoms with van der Waals surface area (Å²) in [6.07, 6.45) is 0.184. The fourth-order valence-corrected chi connectivity index (χ4v) is 2.19. The Balaban J connectivity index is 2.00. The molecule has 2 rings (SSSR count). The van der Waals surface area contributed by atoms with E-state index in [1.54, 1.807) is 4.90 Å². The van der Waals surface area contributed by atoms with Gasteiger partial charge in [0, 0.05) is 19.6 Å². The highest BCUT2D eigenvalue weighted by Crippen LogP contribution is 2.21. The summed E-state index contributed by atoms with van der Waals surface area (Å²) in [7, 11) is 2.08. The standard InChI is InChI=1S/C9H17N3O2/c1-11-2-3-14-8-6-12(5-7(8)11)9(13)4-10/h7-8H,2-6,10H2,1H3/t7-,8-/m1/s1. The van der Waals surface area contributed by atoms with Crippen LogP contribution >= 0.6 is 0 Å². The average molecular weight is 199 g/mol. The van der Waals surface area contributed by atoms with Gasteiger partial charge in [-0.25, -0.2) is 0 Å². The molecule has 0 aromatic carbocycles. The first-order chi connectivity index (χ1) is 6.72. The van der Waals surface area contributed by atoms with Crippen molar-refractivity contribution in [2.24, 2.45) is 5.73 Å². The monoisotopic (exact) mass is 199 g/mol. The van der Waals surface area contributed by atoms with Crippen LogP contribution in [0.5, 0.6) is 0 Å². The largest absolute Gasteiger partial charge is 0.373 e. The lowest BCUT2D eigenvalue weighted by molar-refractivity contribution is -0.129. The summed E-state index contributed by atoms with van der Waals surface area (Å²) in [5.74, 6) is 0.0244. The Morgan fingerprint density at radius 3 is 3.00 bits per heavy atom. The Bertz CT molecular complexity index is 234. The normalized spacial score (nSPS) is 33.1. The molecule has 0 aromatic heterocycles. The predicted molar refractivity (Wildman–Crippen MR) is 51.8 cm³/mol. The molecule has 2 fully saturated rings. The van der Waals surface area contributed by atoms with Gasteiger partial charge in [-0.3, -0.25) is 9.69 Å². The number of likely N-dealkylation sites (tertiary alicyclic amines) is 1. The number of carbonyl (C=O) groups is 1. The van der Waals surface area contributed by atoms with Crippen molar-refractivity contribution in [3.05, 3.63) is 0 Å². The van der Waals surface area contributed by atoms with Crippen LogP contribution in [0.2, 0.25) is 0 Å². The van der Waals surface area contributed by atoms with Crippen LogP contribution in [0.15, 0.2) is 0 Å². The van der Waals surface area contributed by atoms with Crippen molar-refractivity contribution >= 4 is 5.91 Å². The van der Waals surface area contributed by atoms with E-state index in [4.69, 9.17) is 10.5 Å². The third-order valence-corrected chi connectivity index (χ3v) is 3.11. The second-order valence-corrected chi connectivity index (χ2v) is 3.96. The third-order valence-electron chi connectivity index (χ3n) is 3.11. The molecule has 0 aliphatic carbocycles. The van der Waals surface area contributed by atoms with Gasteiger partial charge in [0.2, 0.25) is 5.91 Å². The van der Waals surface area contributed by atoms with E-state index in [0.717, 1.165) is 19.7 Å². The number of hydrogen-bond acceptors (Lipinski definition) is 4. The highest BCUT2D eigenvalue weighted by Gasteiger charge is 2.39. The first kappa shape index (κ1) is 9.89. The highest BCUT2D eigenvalue weighted by atomic mass is 16.5. The van der Waals surface area contributed by atoms with Gasteiger partial charge in [-0.05, 0) is 7.05 Å². The number of rotatable bonds is 1. The smallest absolute Gasteiger partial charge is 0.236 e. The van der Waals surface area contributed by atoms with Gasteiger partial charge in [-0.2, -0.15) is 0 Å². The van der Waals surface area contributed by atoms with Crippen molar-refractivity contribution in [3.8, 4) is 0 Å². The number of morpholine rings is 1. The number of amides is 1. The van der Waals surface area contributed by atoms with Gasteiger partial charge >= 0.3 is 0 Å². The molecule has 2 N–H and O–H groups in total. The zero-order valence-corrected chi connectivity index (χ0v) is 8.48. The van der Waals surface area contributed by atoms with E-state index in [-0.39, 0.29) is 18.6 Å². The van der Waals surface area contributed by atoms with Gasteiger partial charge in [-0.15, -0.1) is 0 Å². The van der Waals surface area contributed by atoms with Gasteiger partial charge < -0.3 is 15.4 Å². The van der Waals surface area contributed by atoms with Gasteiger partial charge in [0.25, 0.3) is 0 Å². The number of ether oxygens (including phenoxy) is 1. The van der Waals surface area contributed by atoms with Gasteiger partial charge in [0.1, 0.15) is 0 Å². The number of hydrogen-bond donors (Lipinski definition) is 1. The topological polar surface area (TPSA) is 58.8 Å². The third kappa shape index (κ3) is 1.63. The Morgan fingerprint density at radius 2 is 2.36 bits per heavy atom. The van der Waals surface area contributed by atoms with Crippen molar-refractivity contribution < 1.29 is 9.53 Å². The van der Waals surface area contributed by atoms with E-state index in [1.807, 2.05) is 0 Å². The molecule has 0 saturated carbocycles. The van der Waals surface area contributed by atoms with E-state index < -0.39 is 0 Å². The molecule has 5 nitrogen and oxygen atoms in total. The lowest BCUT2D eigenvalue weighted by Crippen LogP contribution is -2.48. The minimum atomic E-state index is 0.0244. The summed E-state index contributed by atoms with van der Waals surface area (Å²) in [5, 5.41) is 0. The lowest BCUT2D eigenvalue weighted by atomic mass is 10.1. The quantitative estimate of drug-likeness (QED) is 0.557. The molecule has 0 radical (unpaired) electrons. The molecule has 0 unspecified atom stereocenters. The van der Waals surface area contributed by atoms with Crippen LogP contribution in [-0.2, 0) is 9.53 Å². The lowest BCUT2D eigenvalue weighted by Gasteiger charge is -2.33. The van der Waals surface area contributed by atoms with Crippen molar-refractivity contribution in [2.75, 3.05) is 39.8 Å². The van der Waals surface area contributed by atoms with Crippen LogP contribution < -0.4 is 5.73 Å². The first-order valence-corrected chi connectivity index (χ1v) is 5.02. The second-order valence-electron chi connectivity index (χ2n) is 3.96. The van der Waals surface area contributed by atoms with E-state index in [1.165, 1.54) is 0 Å². The van der Waals surface area contributed by atoms with E-state index in [9.17, 15) is 4.79 Å². The number of likely N-dealkylation sites (N-methyl/N-ethyl adjacent to an activating group) is 1. The van der Waals surface area contributed by atoms with Crippen LogP contribution in [0, 0.1) is 0 Å². The average Bonchev–Trinajstić information content (AvgIpc) is 2.62. The van der Waals surface area contributed by atoms with Crippen LogP contribution in [0.1, 0.15) is 0 Å². The maximum atomic E-state index is 11.4. The fraction of sp³-hybridized carbons (Fsp3) is 0.889. The van der Waals surface area contributed by atoms with Gasteiger partial charge in [-0.1, -0.05) is 0 Å². The summed E-state index contributed by atoms with van der Waals surface area (Å²) < 4.78 is 5.62. The molecule has 2 atom stereocenters. The molecule has 2 aliphatic heterocycles. The maximum absolute atomic E-state index is 11.4. The second kappa shape index (κ2) is 3.84. The molecule has 2 saturated heterocycles. The summed E-state index contributed by atoms with van der Waals surface area (Å²) in [5.41, 5.74) is 5.33. The van der Waals surface area contributed by atoms with Crippen LogP contribution in [0.3, 0.4) is 0 Å². The van der Waals surface area contributed by atoms with Crippen LogP contribution in [0.25, 0.3) is 0 Å². The van der Waals surface area contributed by atoms with E-state index in [2.05, 4.69) is 11.9 Å². The first-order valence-electron chi connectivity index (χ1n) is 5.02. The summed E-state index contributed by atoms with van der Waals surface area (Å²) in [6, 6.07) is 0.360. The molecule has 5 heteroatoms. The molecule has 2 aliphatic rings. The summed E-state index contributed by atoms with van der Waals surface area (Å²) >= 11 is 0. The van der Waals surface area contributed by atoms with Crippen LogP contribution in [0.4, 0.5) is 0 Å². The number of nitrogens with two attached hydrogens (primary N) is 1. The predicted octanol–water partition coefficient (Wildman–Crippen LogP) is -1.51. The molecule has 0 bridgehead atoms. The number of fused-ring (bicyclic) bond motifs is 1. The molecular weight excluding hydrogens is 182 g/mol. The molecule has 2 heterocycles. The van der Waals surface area contributed by atoms with Gasteiger partial charge in [0.05, 0.1) is 25.3 Å². The Hall–Kier alpha value is -0.650. The Morgan fingerprint density at radius 1 is 1.57 bits per heavy atom. The van der Waals surface area contributed by atoms with Crippen LogP contribution in [-0.4, -0.2) is 67.7 Å². The Labute approximate surface area is 83.8 Å². The zero-order chi connectivity index (χ0) is 10.1. The molecule has 0 aromatic rings. The number of nitrogens with zero attached hydrogens (tertiary/aromatic N) is 2. The molecular formula is C9H17N3O2. The van der Waals surface area contributed by atoms with Gasteiger partial charge in [0.15, 0.2) is 0 Å². The molecule has 14 heavy (non-hydrogen) atoms. The Kier molecular flexibility index (Phi) is 2.71. The zero-order valence-electron chi connectivity index (χ0n) is 8.48. The van der Waals surface area contributed by atoms with E-state index in [0.29, 0.717) is 12.6 Å². The highest BCUT2D eigenvalue weighted by molar-refractivity contribution is 5.78. The molecule has 80 valence electrons. The molecule has 0 spiro atoms. The minimum Gasteiger partial charge on any atom is -0.373 e.